The minimum absolute atomic E-state index is 0.269. The summed E-state index contributed by atoms with van der Waals surface area (Å²) in [6.07, 6.45) is 3.63. The first-order valence-corrected chi connectivity index (χ1v) is 6.83. The molecule has 7 heteroatoms. The summed E-state index contributed by atoms with van der Waals surface area (Å²) in [5.74, 6) is -0.565. The third kappa shape index (κ3) is 6.11. The number of rotatable bonds is 8. The summed E-state index contributed by atoms with van der Waals surface area (Å²) in [6, 6.07) is 2.08. The molecule has 0 aliphatic heterocycles. The molecular weight excluding hydrogens is 274 g/mol. The second-order valence-electron chi connectivity index (χ2n) is 4.57. The fourth-order valence-electron chi connectivity index (χ4n) is 1.73. The van der Waals surface area contributed by atoms with Gasteiger partial charge in [-0.15, -0.1) is 0 Å². The highest BCUT2D eigenvalue weighted by atomic mass is 16.5. The summed E-state index contributed by atoms with van der Waals surface area (Å²) in [7, 11) is 1.51. The van der Waals surface area contributed by atoms with Crippen molar-refractivity contribution in [3.05, 3.63) is 23.9 Å². The number of carboxylic acid groups (broad SMARTS) is 1. The number of methoxy groups -OCH3 is 1. The largest absolute Gasteiger partial charge is 0.481 e. The van der Waals surface area contributed by atoms with Gasteiger partial charge < -0.3 is 20.5 Å². The van der Waals surface area contributed by atoms with Gasteiger partial charge in [-0.2, -0.15) is 0 Å². The van der Waals surface area contributed by atoms with Gasteiger partial charge in [-0.3, -0.25) is 0 Å². The van der Waals surface area contributed by atoms with Crippen molar-refractivity contribution < 1.29 is 19.4 Å². The number of nitrogens with one attached hydrogen (secondary N) is 2. The first-order chi connectivity index (χ1) is 10.1. The van der Waals surface area contributed by atoms with E-state index in [1.165, 1.54) is 7.11 Å². The summed E-state index contributed by atoms with van der Waals surface area (Å²) in [5, 5.41) is 14.1. The van der Waals surface area contributed by atoms with Crippen LogP contribution < -0.4 is 15.4 Å². The first-order valence-electron chi connectivity index (χ1n) is 6.83. The zero-order chi connectivity index (χ0) is 15.7. The van der Waals surface area contributed by atoms with E-state index < -0.39 is 18.0 Å². The van der Waals surface area contributed by atoms with Crippen LogP contribution in [-0.2, 0) is 11.3 Å². The molecule has 0 aromatic carbocycles. The van der Waals surface area contributed by atoms with Crippen LogP contribution in [0.3, 0.4) is 0 Å². The van der Waals surface area contributed by atoms with Crippen LogP contribution in [0.1, 0.15) is 31.7 Å². The Labute approximate surface area is 123 Å². The summed E-state index contributed by atoms with van der Waals surface area (Å²) in [6.45, 7) is 2.24. The summed E-state index contributed by atoms with van der Waals surface area (Å²) in [5.41, 5.74) is 0.817. The highest BCUT2D eigenvalue weighted by Crippen LogP contribution is 2.08. The minimum atomic E-state index is -1.02. The van der Waals surface area contributed by atoms with Crippen molar-refractivity contribution in [3.8, 4) is 5.88 Å². The third-order valence-corrected chi connectivity index (χ3v) is 2.91. The third-order valence-electron chi connectivity index (χ3n) is 2.91. The van der Waals surface area contributed by atoms with Crippen LogP contribution in [-0.4, -0.2) is 35.2 Å². The predicted octanol–water partition coefficient (Wildman–Crippen LogP) is 1.53. The van der Waals surface area contributed by atoms with E-state index in [1.54, 1.807) is 18.3 Å². The van der Waals surface area contributed by atoms with Gasteiger partial charge in [0.1, 0.15) is 6.04 Å². The Bertz CT molecular complexity index is 479. The first kappa shape index (κ1) is 16.7. The molecule has 0 aliphatic rings. The molecule has 0 saturated carbocycles. The minimum Gasteiger partial charge on any atom is -0.481 e. The average molecular weight is 295 g/mol. The van der Waals surface area contributed by atoms with Gasteiger partial charge in [0.2, 0.25) is 5.88 Å². The Morgan fingerprint density at radius 2 is 2.24 bits per heavy atom. The van der Waals surface area contributed by atoms with Gasteiger partial charge in [0, 0.05) is 18.8 Å². The molecule has 0 aliphatic carbocycles. The Balaban J connectivity index is 2.46. The number of hydrogen-bond acceptors (Lipinski definition) is 4. The number of pyridine rings is 1. The topological polar surface area (TPSA) is 101 Å². The van der Waals surface area contributed by atoms with Crippen LogP contribution in [0.15, 0.2) is 18.3 Å². The fourth-order valence-corrected chi connectivity index (χ4v) is 1.73. The van der Waals surface area contributed by atoms with E-state index in [1.807, 2.05) is 6.92 Å². The zero-order valence-corrected chi connectivity index (χ0v) is 12.3. The van der Waals surface area contributed by atoms with Crippen molar-refractivity contribution in [2.45, 2.75) is 38.8 Å². The molecule has 0 spiro atoms. The van der Waals surface area contributed by atoms with Crippen LogP contribution in [0.5, 0.6) is 5.88 Å². The molecule has 1 heterocycles. The Morgan fingerprint density at radius 1 is 1.48 bits per heavy atom. The lowest BCUT2D eigenvalue weighted by atomic mass is 10.1. The second kappa shape index (κ2) is 8.78. The van der Waals surface area contributed by atoms with Crippen molar-refractivity contribution in [2.24, 2.45) is 0 Å². The maximum Gasteiger partial charge on any atom is 0.326 e. The van der Waals surface area contributed by atoms with Gasteiger partial charge in [-0.25, -0.2) is 14.6 Å². The van der Waals surface area contributed by atoms with Crippen LogP contribution in [0.25, 0.3) is 0 Å². The predicted molar refractivity (Wildman–Crippen MR) is 77.1 cm³/mol. The van der Waals surface area contributed by atoms with Gasteiger partial charge in [0.25, 0.3) is 0 Å². The summed E-state index contributed by atoms with van der Waals surface area (Å²) < 4.78 is 4.98. The van der Waals surface area contributed by atoms with Crippen LogP contribution >= 0.6 is 0 Å². The normalized spacial score (nSPS) is 11.5. The van der Waals surface area contributed by atoms with Crippen molar-refractivity contribution in [1.82, 2.24) is 15.6 Å². The molecular formula is C14H21N3O4. The quantitative estimate of drug-likeness (QED) is 0.675. The maximum absolute atomic E-state index is 11.7. The number of urea groups is 1. The number of ether oxygens (including phenoxy) is 1. The van der Waals surface area contributed by atoms with E-state index in [0.29, 0.717) is 12.3 Å². The van der Waals surface area contributed by atoms with E-state index in [0.717, 1.165) is 18.4 Å². The number of aromatic nitrogens is 1. The molecule has 2 amide bonds. The van der Waals surface area contributed by atoms with Gasteiger partial charge in [0.05, 0.1) is 7.11 Å². The lowest BCUT2D eigenvalue weighted by Crippen LogP contribution is -2.45. The number of carbonyl (C=O) groups is 2. The summed E-state index contributed by atoms with van der Waals surface area (Å²) in [4.78, 5) is 26.7. The molecule has 0 fully saturated rings. The lowest BCUT2D eigenvalue weighted by Gasteiger charge is -2.14. The van der Waals surface area contributed by atoms with E-state index in [4.69, 9.17) is 9.84 Å². The fraction of sp³-hybridized carbons (Fsp3) is 0.500. The zero-order valence-electron chi connectivity index (χ0n) is 12.3. The van der Waals surface area contributed by atoms with Gasteiger partial charge >= 0.3 is 12.0 Å². The van der Waals surface area contributed by atoms with Crippen LogP contribution in [0.4, 0.5) is 4.79 Å². The van der Waals surface area contributed by atoms with Crippen molar-refractivity contribution in [3.63, 3.8) is 0 Å². The number of amides is 2. The number of nitrogens with zero attached hydrogens (tertiary/aromatic N) is 1. The van der Waals surface area contributed by atoms with Gasteiger partial charge in [-0.1, -0.05) is 19.8 Å². The lowest BCUT2D eigenvalue weighted by molar-refractivity contribution is -0.139. The molecule has 1 aromatic rings. The molecule has 0 radical (unpaired) electrons. The number of aliphatic carboxylic acids is 1. The molecule has 1 aromatic heterocycles. The highest BCUT2D eigenvalue weighted by Gasteiger charge is 2.18. The van der Waals surface area contributed by atoms with Crippen LogP contribution in [0.2, 0.25) is 0 Å². The van der Waals surface area contributed by atoms with Gasteiger partial charge in [0.15, 0.2) is 0 Å². The van der Waals surface area contributed by atoms with Crippen molar-refractivity contribution in [1.29, 1.82) is 0 Å². The molecule has 3 N–H and O–H groups in total. The Kier molecular flexibility index (Phi) is 7.00. The van der Waals surface area contributed by atoms with Crippen molar-refractivity contribution >= 4 is 12.0 Å². The molecule has 1 rings (SSSR count). The average Bonchev–Trinajstić information content (AvgIpc) is 2.49. The summed E-state index contributed by atoms with van der Waals surface area (Å²) >= 11 is 0. The Hall–Kier alpha value is -2.31. The molecule has 7 nitrogen and oxygen atoms in total. The van der Waals surface area contributed by atoms with E-state index in [9.17, 15) is 9.59 Å². The van der Waals surface area contributed by atoms with E-state index in [-0.39, 0.29) is 6.54 Å². The Morgan fingerprint density at radius 3 is 2.86 bits per heavy atom. The molecule has 0 saturated heterocycles. The van der Waals surface area contributed by atoms with Crippen molar-refractivity contribution in [2.75, 3.05) is 7.11 Å². The smallest absolute Gasteiger partial charge is 0.326 e. The maximum atomic E-state index is 11.7. The molecule has 0 bridgehead atoms. The van der Waals surface area contributed by atoms with E-state index >= 15 is 0 Å². The standard InChI is InChI=1S/C14H21N3O4/c1-3-4-5-11(13(18)19)17-14(20)16-9-10-6-7-15-12(8-10)21-2/h6-8,11H,3-5,9H2,1-2H3,(H,18,19)(H2,16,17,20)/t11-/m0/s1. The number of hydrogen-bond donors (Lipinski definition) is 3. The number of carbonyl (C=O) groups excluding carboxylic acids is 1. The molecule has 0 unspecified atom stereocenters. The number of carboxylic acids is 1. The second-order valence-corrected chi connectivity index (χ2v) is 4.57. The molecule has 116 valence electrons. The highest BCUT2D eigenvalue weighted by molar-refractivity contribution is 5.82. The monoisotopic (exact) mass is 295 g/mol. The SMILES string of the molecule is CCCC[C@H](NC(=O)NCc1ccnc(OC)c1)C(=O)O. The van der Waals surface area contributed by atoms with E-state index in [2.05, 4.69) is 15.6 Å². The molecule has 21 heavy (non-hydrogen) atoms. The van der Waals surface area contributed by atoms with Gasteiger partial charge in [-0.05, 0) is 18.1 Å². The molecule has 1 atom stereocenters. The number of unbranched alkanes of at least 4 members (excludes halogenated alkanes) is 1. The van der Waals surface area contributed by atoms with Crippen LogP contribution in [0, 0.1) is 0 Å².